The Balaban J connectivity index is 2.39. The Labute approximate surface area is 85.8 Å². The molecule has 0 aromatic carbocycles. The Kier molecular flexibility index (Phi) is 2.18. The highest BCUT2D eigenvalue weighted by atomic mass is 16.5. The molecule has 6 heteroatoms. The van der Waals surface area contributed by atoms with E-state index in [1.54, 1.807) is 6.92 Å². The van der Waals surface area contributed by atoms with Gasteiger partial charge in [0.25, 0.3) is 0 Å². The van der Waals surface area contributed by atoms with Crippen LogP contribution in [0.3, 0.4) is 0 Å². The lowest BCUT2D eigenvalue weighted by molar-refractivity contribution is 0.0194. The van der Waals surface area contributed by atoms with E-state index < -0.39 is 11.9 Å². The minimum Gasteiger partial charge on any atom is -0.464 e. The summed E-state index contributed by atoms with van der Waals surface area (Å²) < 4.78 is 11.0. The lowest BCUT2D eigenvalue weighted by Gasteiger charge is -2.19. The highest BCUT2D eigenvalue weighted by molar-refractivity contribution is 5.93. The Morgan fingerprint density at radius 2 is 2.47 bits per heavy atom. The van der Waals surface area contributed by atoms with E-state index in [0.29, 0.717) is 6.54 Å². The summed E-state index contributed by atoms with van der Waals surface area (Å²) >= 11 is 0. The first-order chi connectivity index (χ1) is 7.11. The van der Waals surface area contributed by atoms with Gasteiger partial charge in [-0.1, -0.05) is 0 Å². The van der Waals surface area contributed by atoms with Gasteiger partial charge in [-0.2, -0.15) is 5.10 Å². The first kappa shape index (κ1) is 9.70. The first-order valence-electron chi connectivity index (χ1n) is 4.49. The lowest BCUT2D eigenvalue weighted by atomic mass is 10.3. The van der Waals surface area contributed by atoms with Crippen LogP contribution in [0, 0.1) is 0 Å². The zero-order valence-corrected chi connectivity index (χ0v) is 8.39. The van der Waals surface area contributed by atoms with Gasteiger partial charge < -0.3 is 9.47 Å². The van der Waals surface area contributed by atoms with Crippen molar-refractivity contribution in [1.29, 1.82) is 0 Å². The van der Waals surface area contributed by atoms with Gasteiger partial charge in [0, 0.05) is 6.07 Å². The second-order valence-electron chi connectivity index (χ2n) is 3.30. The van der Waals surface area contributed by atoms with Crippen molar-refractivity contribution < 1.29 is 19.1 Å². The summed E-state index contributed by atoms with van der Waals surface area (Å²) in [5.41, 5.74) is 0.409. The summed E-state index contributed by atoms with van der Waals surface area (Å²) in [6.07, 6.45) is -0.226. The molecule has 0 bridgehead atoms. The first-order valence-corrected chi connectivity index (χ1v) is 4.49. The van der Waals surface area contributed by atoms with Crippen molar-refractivity contribution in [2.75, 3.05) is 7.11 Å². The summed E-state index contributed by atoms with van der Waals surface area (Å²) in [7, 11) is 1.27. The van der Waals surface area contributed by atoms with Crippen LogP contribution in [0.2, 0.25) is 0 Å². The number of aromatic nitrogens is 2. The minimum atomic E-state index is -0.558. The van der Waals surface area contributed by atoms with Crippen molar-refractivity contribution in [3.63, 3.8) is 0 Å². The van der Waals surface area contributed by atoms with E-state index in [1.165, 1.54) is 17.9 Å². The molecular weight excluding hydrogens is 200 g/mol. The van der Waals surface area contributed by atoms with Crippen LogP contribution in [-0.4, -0.2) is 34.9 Å². The lowest BCUT2D eigenvalue weighted by Crippen LogP contribution is -2.30. The number of carbonyl (C=O) groups excluding carboxylic acids is 2. The van der Waals surface area contributed by atoms with Crippen molar-refractivity contribution in [3.05, 3.63) is 17.5 Å². The van der Waals surface area contributed by atoms with E-state index in [4.69, 9.17) is 4.74 Å². The molecule has 0 amide bonds. The number of nitrogens with zero attached hydrogens (tertiary/aromatic N) is 2. The van der Waals surface area contributed by atoms with Crippen molar-refractivity contribution in [2.45, 2.75) is 19.6 Å². The fourth-order valence-corrected chi connectivity index (χ4v) is 1.45. The maximum atomic E-state index is 11.4. The molecule has 1 atom stereocenters. The monoisotopic (exact) mass is 210 g/mol. The standard InChI is InChI=1S/C9H10N2O4/c1-5-4-11-7(9(13)15-5)3-6(10-11)8(12)14-2/h3,5H,4H2,1-2H3/t5-/m1/s1. The Morgan fingerprint density at radius 3 is 3.13 bits per heavy atom. The average Bonchev–Trinajstić information content (AvgIpc) is 2.60. The molecule has 2 rings (SSSR count). The van der Waals surface area contributed by atoms with E-state index in [0.717, 1.165) is 0 Å². The molecule has 0 fully saturated rings. The van der Waals surface area contributed by atoms with Crippen LogP contribution in [-0.2, 0) is 16.0 Å². The van der Waals surface area contributed by atoms with Gasteiger partial charge >= 0.3 is 11.9 Å². The summed E-state index contributed by atoms with van der Waals surface area (Å²) in [5.74, 6) is -1.02. The predicted octanol–water partition coefficient (Wildman–Crippen LogP) is 0.229. The topological polar surface area (TPSA) is 70.4 Å². The number of rotatable bonds is 1. The third kappa shape index (κ3) is 1.58. The molecule has 0 radical (unpaired) electrons. The van der Waals surface area contributed by atoms with E-state index in [2.05, 4.69) is 9.84 Å². The zero-order chi connectivity index (χ0) is 11.0. The molecule has 0 N–H and O–H groups in total. The van der Waals surface area contributed by atoms with Crippen molar-refractivity contribution in [2.24, 2.45) is 0 Å². The molecule has 0 unspecified atom stereocenters. The summed E-state index contributed by atoms with van der Waals surface area (Å²) in [6, 6.07) is 1.38. The van der Waals surface area contributed by atoms with Crippen LogP contribution in [0.15, 0.2) is 6.07 Å². The molecular formula is C9H10N2O4. The number of fused-ring (bicyclic) bond motifs is 1. The van der Waals surface area contributed by atoms with E-state index in [-0.39, 0.29) is 17.5 Å². The number of hydrogen-bond donors (Lipinski definition) is 0. The van der Waals surface area contributed by atoms with Gasteiger partial charge in [-0.25, -0.2) is 9.59 Å². The maximum Gasteiger partial charge on any atom is 0.358 e. The van der Waals surface area contributed by atoms with Crippen LogP contribution in [0.25, 0.3) is 0 Å². The van der Waals surface area contributed by atoms with E-state index in [9.17, 15) is 9.59 Å². The Bertz CT molecular complexity index is 424. The number of esters is 2. The summed E-state index contributed by atoms with van der Waals surface area (Å²) in [6.45, 7) is 2.22. The SMILES string of the molecule is COC(=O)c1cc2n(n1)C[C@@H](C)OC2=O. The van der Waals surface area contributed by atoms with Crippen molar-refractivity contribution >= 4 is 11.9 Å². The van der Waals surface area contributed by atoms with E-state index >= 15 is 0 Å². The fraction of sp³-hybridized carbons (Fsp3) is 0.444. The van der Waals surface area contributed by atoms with Crippen LogP contribution in [0.1, 0.15) is 27.9 Å². The molecule has 0 saturated carbocycles. The smallest absolute Gasteiger partial charge is 0.358 e. The van der Waals surface area contributed by atoms with Gasteiger partial charge in [0.2, 0.25) is 0 Å². The highest BCUT2D eigenvalue weighted by Crippen LogP contribution is 2.15. The Morgan fingerprint density at radius 1 is 1.73 bits per heavy atom. The van der Waals surface area contributed by atoms with Crippen molar-refractivity contribution in [3.8, 4) is 0 Å². The molecule has 2 heterocycles. The third-order valence-corrected chi connectivity index (χ3v) is 2.12. The fourth-order valence-electron chi connectivity index (χ4n) is 1.45. The average molecular weight is 210 g/mol. The number of hydrogen-bond acceptors (Lipinski definition) is 5. The molecule has 1 aromatic rings. The molecule has 1 aliphatic heterocycles. The molecule has 1 aromatic heterocycles. The molecule has 80 valence electrons. The number of methoxy groups -OCH3 is 1. The normalized spacial score (nSPS) is 19.3. The minimum absolute atomic E-state index is 0.124. The summed E-state index contributed by atoms with van der Waals surface area (Å²) in [5, 5.41) is 3.96. The summed E-state index contributed by atoms with van der Waals surface area (Å²) in [4.78, 5) is 22.6. The number of cyclic esters (lactones) is 1. The quantitative estimate of drug-likeness (QED) is 0.620. The number of carbonyl (C=O) groups is 2. The highest BCUT2D eigenvalue weighted by Gasteiger charge is 2.27. The van der Waals surface area contributed by atoms with Gasteiger partial charge in [0.15, 0.2) is 5.69 Å². The van der Waals surface area contributed by atoms with Crippen molar-refractivity contribution in [1.82, 2.24) is 9.78 Å². The molecule has 6 nitrogen and oxygen atoms in total. The van der Waals surface area contributed by atoms with Gasteiger partial charge in [0.1, 0.15) is 11.8 Å². The largest absolute Gasteiger partial charge is 0.464 e. The third-order valence-electron chi connectivity index (χ3n) is 2.12. The van der Waals surface area contributed by atoms with Gasteiger partial charge in [-0.15, -0.1) is 0 Å². The zero-order valence-electron chi connectivity index (χ0n) is 8.39. The predicted molar refractivity (Wildman–Crippen MR) is 48.4 cm³/mol. The molecule has 0 spiro atoms. The maximum absolute atomic E-state index is 11.4. The molecule has 15 heavy (non-hydrogen) atoms. The van der Waals surface area contributed by atoms with Crippen LogP contribution < -0.4 is 0 Å². The van der Waals surface area contributed by atoms with Crippen LogP contribution >= 0.6 is 0 Å². The molecule has 1 aliphatic rings. The van der Waals surface area contributed by atoms with Gasteiger partial charge in [0.05, 0.1) is 13.7 Å². The van der Waals surface area contributed by atoms with E-state index in [1.807, 2.05) is 0 Å². The second-order valence-corrected chi connectivity index (χ2v) is 3.30. The van der Waals surface area contributed by atoms with Gasteiger partial charge in [-0.3, -0.25) is 4.68 Å². The van der Waals surface area contributed by atoms with Gasteiger partial charge in [-0.05, 0) is 6.92 Å². The van der Waals surface area contributed by atoms with Crippen LogP contribution in [0.4, 0.5) is 0 Å². The number of ether oxygens (including phenoxy) is 2. The molecule has 0 aliphatic carbocycles. The Hall–Kier alpha value is -1.85. The second kappa shape index (κ2) is 3.38. The van der Waals surface area contributed by atoms with Crippen LogP contribution in [0.5, 0.6) is 0 Å². The molecule has 0 saturated heterocycles.